The van der Waals surface area contributed by atoms with Gasteiger partial charge in [-0.2, -0.15) is 8.42 Å². The molecule has 0 fully saturated rings. The van der Waals surface area contributed by atoms with Crippen molar-refractivity contribution in [2.75, 3.05) is 0 Å². The fourth-order valence-corrected chi connectivity index (χ4v) is 0.428. The number of carboxylic acids is 2. The number of aliphatic carboxylic acids is 2. The van der Waals surface area contributed by atoms with Crippen LogP contribution in [0, 0.1) is 0 Å². The molecule has 18 heavy (non-hydrogen) atoms. The van der Waals surface area contributed by atoms with E-state index < -0.39 is 22.3 Å². The van der Waals surface area contributed by atoms with Gasteiger partial charge in [-0.3, -0.25) is 18.7 Å². The van der Waals surface area contributed by atoms with Crippen LogP contribution >= 0.6 is 0 Å². The second kappa shape index (κ2) is 16.6. The summed E-state index contributed by atoms with van der Waals surface area (Å²) in [6.07, 6.45) is 2.05. The van der Waals surface area contributed by atoms with E-state index in [-0.39, 0.29) is 23.1 Å². The Kier molecular flexibility index (Phi) is 24.1. The van der Waals surface area contributed by atoms with Crippen molar-refractivity contribution in [2.45, 2.75) is 39.5 Å². The van der Waals surface area contributed by atoms with Crippen molar-refractivity contribution in [3.8, 4) is 0 Å². The van der Waals surface area contributed by atoms with Gasteiger partial charge in [0.2, 0.25) is 0 Å². The first-order valence-corrected chi connectivity index (χ1v) is 6.07. The van der Waals surface area contributed by atoms with Gasteiger partial charge in [0.25, 0.3) is 0 Å². The molecule has 0 aromatic rings. The van der Waals surface area contributed by atoms with Gasteiger partial charge in [0.05, 0.1) is 0 Å². The Bertz CT molecular complexity index is 276. The molecule has 10 heteroatoms. The lowest BCUT2D eigenvalue weighted by molar-refractivity contribution is -0.138. The van der Waals surface area contributed by atoms with E-state index in [2.05, 4.69) is 0 Å². The predicted molar refractivity (Wildman–Crippen MR) is 67.8 cm³/mol. The average Bonchev–Trinajstić information content (AvgIpc) is 2.00. The smallest absolute Gasteiger partial charge is 0.394 e. The van der Waals surface area contributed by atoms with Crippen LogP contribution in [0.25, 0.3) is 0 Å². The van der Waals surface area contributed by atoms with E-state index in [1.165, 1.54) is 0 Å². The molecule has 0 unspecified atom stereocenters. The molecule has 0 aliphatic rings. The fourth-order valence-electron chi connectivity index (χ4n) is 0.428. The van der Waals surface area contributed by atoms with E-state index in [9.17, 15) is 9.59 Å². The molecule has 0 saturated carbocycles. The van der Waals surface area contributed by atoms with Gasteiger partial charge in [0.15, 0.2) is 0 Å². The molecule has 0 aromatic carbocycles. The molecule has 0 saturated heterocycles. The lowest BCUT2D eigenvalue weighted by Crippen LogP contribution is -1.90. The van der Waals surface area contributed by atoms with Gasteiger partial charge in [0, 0.05) is 12.8 Å². The highest BCUT2D eigenvalue weighted by molar-refractivity contribution is 7.79. The number of carboxylic acid groups (broad SMARTS) is 2. The van der Waals surface area contributed by atoms with Crippen LogP contribution in [0.15, 0.2) is 0 Å². The van der Waals surface area contributed by atoms with Gasteiger partial charge in [-0.1, -0.05) is 13.8 Å². The number of hydrogen-bond donors (Lipinski definition) is 4. The van der Waals surface area contributed by atoms with Crippen molar-refractivity contribution in [1.82, 2.24) is 0 Å². The predicted octanol–water partition coefficient (Wildman–Crippen LogP) is 0.173. The van der Waals surface area contributed by atoms with Crippen molar-refractivity contribution >= 4 is 45.4 Å². The third kappa shape index (κ3) is 106. The zero-order valence-electron chi connectivity index (χ0n) is 9.66. The summed E-state index contributed by atoms with van der Waals surface area (Å²) >= 11 is 0. The molecule has 0 bridgehead atoms. The molecule has 0 aliphatic heterocycles. The molecule has 0 amide bonds. The summed E-state index contributed by atoms with van der Waals surface area (Å²) in [4.78, 5) is 19.2. The molecule has 0 spiro atoms. The van der Waals surface area contributed by atoms with Crippen LogP contribution in [-0.4, -0.2) is 62.7 Å². The minimum Gasteiger partial charge on any atom is -0.481 e. The summed E-state index contributed by atoms with van der Waals surface area (Å²) in [7, 11) is -4.67. The van der Waals surface area contributed by atoms with Crippen molar-refractivity contribution in [2.24, 2.45) is 0 Å². The Morgan fingerprint density at radius 2 is 1.06 bits per heavy atom. The highest BCUT2D eigenvalue weighted by Crippen LogP contribution is 1.82. The lowest BCUT2D eigenvalue weighted by atomic mass is 10.4. The van der Waals surface area contributed by atoms with E-state index in [0.29, 0.717) is 12.8 Å². The first kappa shape index (κ1) is 26.2. The summed E-state index contributed by atoms with van der Waals surface area (Å²) in [6.45, 7) is 3.68. The Balaban J connectivity index is -0.0000000799. The Labute approximate surface area is 122 Å². The fraction of sp³-hybridized carbons (Fsp3) is 0.750. The lowest BCUT2D eigenvalue weighted by Gasteiger charge is -1.79. The third-order valence-electron chi connectivity index (χ3n) is 0.928. The Morgan fingerprint density at radius 3 is 1.06 bits per heavy atom. The van der Waals surface area contributed by atoms with E-state index in [0.717, 1.165) is 12.8 Å². The highest BCUT2D eigenvalue weighted by atomic mass is 32.3. The number of hydrogen-bond acceptors (Lipinski definition) is 4. The second-order valence-electron chi connectivity index (χ2n) is 2.74. The van der Waals surface area contributed by atoms with E-state index >= 15 is 0 Å². The largest absolute Gasteiger partial charge is 0.481 e. The van der Waals surface area contributed by atoms with Crippen LogP contribution in [0.5, 0.6) is 0 Å². The first-order valence-electron chi connectivity index (χ1n) is 4.68. The Morgan fingerprint density at radius 1 is 0.889 bits per heavy atom. The molecule has 8 nitrogen and oxygen atoms in total. The summed E-state index contributed by atoms with van der Waals surface area (Å²) in [5, 5.41) is 15.8. The van der Waals surface area contributed by atoms with Crippen molar-refractivity contribution in [1.29, 1.82) is 0 Å². The maximum absolute atomic E-state index is 9.60. The molecule has 0 radical (unpaired) electrons. The van der Waals surface area contributed by atoms with Gasteiger partial charge in [-0.05, 0) is 12.8 Å². The molecular formula is C8H20MgO8S. The summed E-state index contributed by atoms with van der Waals surface area (Å²) < 4.78 is 31.6. The van der Waals surface area contributed by atoms with Crippen LogP contribution in [0.2, 0.25) is 0 Å². The van der Waals surface area contributed by atoms with Gasteiger partial charge in [0.1, 0.15) is 0 Å². The van der Waals surface area contributed by atoms with Crippen LogP contribution < -0.4 is 0 Å². The second-order valence-corrected chi connectivity index (χ2v) is 3.63. The summed E-state index contributed by atoms with van der Waals surface area (Å²) in [5.74, 6) is -1.42. The van der Waals surface area contributed by atoms with E-state index in [1.54, 1.807) is 0 Å². The van der Waals surface area contributed by atoms with Gasteiger partial charge < -0.3 is 10.2 Å². The summed E-state index contributed by atoms with van der Waals surface area (Å²) in [6, 6.07) is 0. The van der Waals surface area contributed by atoms with Crippen molar-refractivity contribution in [3.63, 3.8) is 0 Å². The quantitative estimate of drug-likeness (QED) is 0.424. The van der Waals surface area contributed by atoms with E-state index in [1.807, 2.05) is 13.8 Å². The monoisotopic (exact) mass is 300 g/mol. The topological polar surface area (TPSA) is 149 Å². The maximum atomic E-state index is 9.60. The number of rotatable bonds is 4. The van der Waals surface area contributed by atoms with Crippen LogP contribution in [-0.2, 0) is 20.0 Å². The zero-order valence-corrected chi connectivity index (χ0v) is 10.5. The molecule has 0 rings (SSSR count). The normalized spacial score (nSPS) is 8.67. The van der Waals surface area contributed by atoms with Crippen molar-refractivity contribution < 1.29 is 37.3 Å². The summed E-state index contributed by atoms with van der Waals surface area (Å²) in [5.41, 5.74) is 0. The first-order chi connectivity index (χ1) is 7.54. The molecule has 0 heterocycles. The Hall–Kier alpha value is -0.424. The zero-order chi connectivity index (χ0) is 14.5. The van der Waals surface area contributed by atoms with Gasteiger partial charge in [-0.15, -0.1) is 0 Å². The molecule has 4 N–H and O–H groups in total. The standard InChI is InChI=1S/2C4H8O2.Mg.H2O4S.2H/c2*1-2-3-4(5)6;;1-5(2,3)4;;/h2*2-3H2,1H3,(H,5,6);;(H2,1,2,3,4);;. The minimum atomic E-state index is -4.67. The molecular weight excluding hydrogens is 280 g/mol. The van der Waals surface area contributed by atoms with Gasteiger partial charge >= 0.3 is 45.4 Å². The van der Waals surface area contributed by atoms with Crippen LogP contribution in [0.3, 0.4) is 0 Å². The molecule has 0 aliphatic carbocycles. The van der Waals surface area contributed by atoms with E-state index in [4.69, 9.17) is 27.7 Å². The van der Waals surface area contributed by atoms with Crippen LogP contribution in [0.4, 0.5) is 0 Å². The molecule has 108 valence electrons. The van der Waals surface area contributed by atoms with Crippen molar-refractivity contribution in [3.05, 3.63) is 0 Å². The van der Waals surface area contributed by atoms with Crippen LogP contribution in [0.1, 0.15) is 39.5 Å². The highest BCUT2D eigenvalue weighted by Gasteiger charge is 1.88. The maximum Gasteiger partial charge on any atom is 0.394 e. The number of carbonyl (C=O) groups is 2. The van der Waals surface area contributed by atoms with Gasteiger partial charge in [-0.25, -0.2) is 0 Å². The molecule has 0 atom stereocenters. The third-order valence-corrected chi connectivity index (χ3v) is 0.928. The minimum absolute atomic E-state index is 0. The average molecular weight is 301 g/mol. The SMILES string of the molecule is CCCC(=O)O.CCCC(=O)O.O=S(=O)(O)O.[MgH2]. The molecule has 0 aromatic heterocycles.